The lowest BCUT2D eigenvalue weighted by atomic mass is 9.90. The third kappa shape index (κ3) is 3.39. The van der Waals surface area contributed by atoms with Gasteiger partial charge >= 0.3 is 6.03 Å². The van der Waals surface area contributed by atoms with Crippen LogP contribution < -0.4 is 10.6 Å². The molecule has 30 heavy (non-hydrogen) atoms. The van der Waals surface area contributed by atoms with Crippen molar-refractivity contribution in [2.24, 2.45) is 5.92 Å². The normalized spacial score (nSPS) is 23.3. The fourth-order valence-corrected chi connectivity index (χ4v) is 5.19. The van der Waals surface area contributed by atoms with Gasteiger partial charge in [0.15, 0.2) is 5.13 Å². The number of amides is 4. The van der Waals surface area contributed by atoms with Crippen LogP contribution in [-0.4, -0.2) is 39.8 Å². The third-order valence-corrected chi connectivity index (χ3v) is 7.15. The molecule has 2 aliphatic carbocycles. The Labute approximate surface area is 178 Å². The maximum atomic E-state index is 12.7. The zero-order valence-corrected chi connectivity index (χ0v) is 17.7. The van der Waals surface area contributed by atoms with Gasteiger partial charge < -0.3 is 10.6 Å². The predicted molar refractivity (Wildman–Crippen MR) is 114 cm³/mol. The van der Waals surface area contributed by atoms with Crippen LogP contribution in [0.3, 0.4) is 0 Å². The molecule has 0 radical (unpaired) electrons. The fraction of sp³-hybridized carbons (Fsp3) is 0.455. The lowest BCUT2D eigenvalue weighted by molar-refractivity contribution is -0.134. The molecular weight excluding hydrogens is 400 g/mol. The van der Waals surface area contributed by atoms with E-state index in [1.165, 1.54) is 35.3 Å². The first-order chi connectivity index (χ1) is 14.4. The first kappa shape index (κ1) is 19.2. The number of carbonyl (C=O) groups is 3. The Morgan fingerprint density at radius 3 is 2.80 bits per heavy atom. The minimum atomic E-state index is -0.877. The summed E-state index contributed by atoms with van der Waals surface area (Å²) in [6.45, 7) is 1.44. The predicted octanol–water partition coefficient (Wildman–Crippen LogP) is 3.35. The Bertz CT molecular complexity index is 1040. The Kier molecular flexibility index (Phi) is 4.61. The largest absolute Gasteiger partial charge is 0.325 e. The van der Waals surface area contributed by atoms with Crippen LogP contribution in [-0.2, 0) is 22.4 Å². The number of aromatic nitrogens is 1. The molecule has 0 unspecified atom stereocenters. The number of carbonyl (C=O) groups excluding carboxylic acids is 3. The lowest BCUT2D eigenvalue weighted by Crippen LogP contribution is -2.46. The van der Waals surface area contributed by atoms with E-state index in [9.17, 15) is 14.4 Å². The standard InChI is InChI=1S/C22H24N4O3S/c1-22(16-8-9-16)19(28)26(21(29)25-22)11-18(27)24-20-23-17(12-30-20)15-7-6-13-4-2-3-5-14(13)10-15/h6-7,10,12,16H,2-5,8-9,11H2,1H3,(H,25,29)(H,23,24,27)/t22-/m0/s1. The highest BCUT2D eigenvalue weighted by atomic mass is 32.1. The summed E-state index contributed by atoms with van der Waals surface area (Å²) in [6, 6.07) is 5.95. The van der Waals surface area contributed by atoms with Gasteiger partial charge in [-0.1, -0.05) is 12.1 Å². The highest BCUT2D eigenvalue weighted by Gasteiger charge is 2.56. The van der Waals surface area contributed by atoms with Gasteiger partial charge in [-0.25, -0.2) is 9.78 Å². The molecule has 8 heteroatoms. The molecule has 0 spiro atoms. The molecule has 2 aromatic rings. The van der Waals surface area contributed by atoms with E-state index >= 15 is 0 Å². The second-order valence-corrected chi connectivity index (χ2v) is 9.43. The smallest absolute Gasteiger partial charge is 0.323 e. The van der Waals surface area contributed by atoms with Crippen molar-refractivity contribution >= 4 is 34.3 Å². The van der Waals surface area contributed by atoms with Crippen molar-refractivity contribution in [1.82, 2.24) is 15.2 Å². The summed E-state index contributed by atoms with van der Waals surface area (Å²) in [5.74, 6) is -0.580. The second-order valence-electron chi connectivity index (χ2n) is 8.57. The van der Waals surface area contributed by atoms with Crippen molar-refractivity contribution in [2.45, 2.75) is 51.0 Å². The van der Waals surface area contributed by atoms with Crippen LogP contribution in [0.5, 0.6) is 0 Å². The van der Waals surface area contributed by atoms with E-state index in [0.717, 1.165) is 41.8 Å². The molecule has 1 atom stereocenters. The number of imide groups is 1. The zero-order chi connectivity index (χ0) is 20.9. The number of hydrogen-bond acceptors (Lipinski definition) is 5. The Morgan fingerprint density at radius 1 is 1.27 bits per heavy atom. The van der Waals surface area contributed by atoms with Crippen LogP contribution in [0.15, 0.2) is 23.6 Å². The third-order valence-electron chi connectivity index (χ3n) is 6.39. The minimum Gasteiger partial charge on any atom is -0.323 e. The van der Waals surface area contributed by atoms with Crippen LogP contribution in [0.25, 0.3) is 11.3 Å². The summed E-state index contributed by atoms with van der Waals surface area (Å²) in [5.41, 5.74) is 3.79. The highest BCUT2D eigenvalue weighted by molar-refractivity contribution is 7.14. The molecule has 1 aromatic carbocycles. The number of hydrogen-bond donors (Lipinski definition) is 2. The van der Waals surface area contributed by atoms with Gasteiger partial charge in [0.05, 0.1) is 5.69 Å². The average molecular weight is 425 g/mol. The number of urea groups is 1. The van der Waals surface area contributed by atoms with Crippen molar-refractivity contribution in [2.75, 3.05) is 11.9 Å². The van der Waals surface area contributed by atoms with Gasteiger partial charge in [-0.15, -0.1) is 11.3 Å². The summed E-state index contributed by atoms with van der Waals surface area (Å²) in [7, 11) is 0. The van der Waals surface area contributed by atoms with E-state index in [-0.39, 0.29) is 18.4 Å². The SMILES string of the molecule is C[C@@]1(C2CC2)NC(=O)N(CC(=O)Nc2nc(-c3ccc4c(c3)CCCC4)cs2)C1=O. The number of nitrogens with zero attached hydrogens (tertiary/aromatic N) is 2. The number of nitrogens with one attached hydrogen (secondary N) is 2. The van der Waals surface area contributed by atoms with Crippen molar-refractivity contribution in [1.29, 1.82) is 0 Å². The van der Waals surface area contributed by atoms with Crippen molar-refractivity contribution < 1.29 is 14.4 Å². The molecule has 0 bridgehead atoms. The first-order valence-corrected chi connectivity index (χ1v) is 11.3. The number of anilines is 1. The van der Waals surface area contributed by atoms with Crippen molar-refractivity contribution in [3.8, 4) is 11.3 Å². The molecule has 2 fully saturated rings. The Morgan fingerprint density at radius 2 is 2.03 bits per heavy atom. The fourth-order valence-electron chi connectivity index (χ4n) is 4.46. The summed E-state index contributed by atoms with van der Waals surface area (Å²) in [5, 5.41) is 7.86. The molecule has 7 nitrogen and oxygen atoms in total. The van der Waals surface area contributed by atoms with Crippen LogP contribution in [0, 0.1) is 5.92 Å². The molecule has 2 N–H and O–H groups in total. The van der Waals surface area contributed by atoms with Crippen molar-refractivity contribution in [3.05, 3.63) is 34.7 Å². The maximum absolute atomic E-state index is 12.7. The second kappa shape index (κ2) is 7.19. The van der Waals surface area contributed by atoms with Gasteiger partial charge in [0.25, 0.3) is 5.91 Å². The molecule has 2 heterocycles. The van der Waals surface area contributed by atoms with E-state index in [4.69, 9.17) is 0 Å². The van der Waals surface area contributed by atoms with Gasteiger partial charge in [-0.05, 0) is 68.6 Å². The monoisotopic (exact) mass is 424 g/mol. The maximum Gasteiger partial charge on any atom is 0.325 e. The van der Waals surface area contributed by atoms with Crippen molar-refractivity contribution in [3.63, 3.8) is 0 Å². The molecule has 156 valence electrons. The van der Waals surface area contributed by atoms with Gasteiger partial charge in [0.2, 0.25) is 5.91 Å². The molecule has 4 amide bonds. The van der Waals surface area contributed by atoms with E-state index < -0.39 is 17.5 Å². The molecule has 1 aromatic heterocycles. The van der Waals surface area contributed by atoms with E-state index in [0.29, 0.717) is 5.13 Å². The Balaban J connectivity index is 1.25. The number of thiazole rings is 1. The lowest BCUT2D eigenvalue weighted by Gasteiger charge is -2.20. The van der Waals surface area contributed by atoms with Crippen LogP contribution in [0.1, 0.15) is 43.7 Å². The quantitative estimate of drug-likeness (QED) is 0.720. The highest BCUT2D eigenvalue weighted by Crippen LogP contribution is 2.42. The summed E-state index contributed by atoms with van der Waals surface area (Å²) >= 11 is 1.34. The number of rotatable bonds is 5. The average Bonchev–Trinajstić information content (AvgIpc) is 3.46. The van der Waals surface area contributed by atoms with Crippen LogP contribution in [0.4, 0.5) is 9.93 Å². The summed E-state index contributed by atoms with van der Waals surface area (Å²) < 4.78 is 0. The number of benzene rings is 1. The molecule has 3 aliphatic rings. The van der Waals surface area contributed by atoms with Gasteiger partial charge in [-0.3, -0.25) is 14.5 Å². The molecule has 5 rings (SSSR count). The topological polar surface area (TPSA) is 91.4 Å². The minimum absolute atomic E-state index is 0.167. The van der Waals surface area contributed by atoms with Gasteiger partial charge in [0.1, 0.15) is 12.1 Å². The van der Waals surface area contributed by atoms with Crippen LogP contribution >= 0.6 is 11.3 Å². The summed E-state index contributed by atoms with van der Waals surface area (Å²) in [6.07, 6.45) is 6.55. The van der Waals surface area contributed by atoms with E-state index in [1.54, 1.807) is 6.92 Å². The van der Waals surface area contributed by atoms with E-state index in [1.807, 2.05) is 5.38 Å². The molecule has 1 saturated heterocycles. The zero-order valence-electron chi connectivity index (χ0n) is 16.9. The molecule has 1 aliphatic heterocycles. The van der Waals surface area contributed by atoms with Gasteiger partial charge in [-0.2, -0.15) is 0 Å². The molecular formula is C22H24N4O3S. The Hall–Kier alpha value is -2.74. The molecule has 1 saturated carbocycles. The summed E-state index contributed by atoms with van der Waals surface area (Å²) in [4.78, 5) is 42.9. The number of fused-ring (bicyclic) bond motifs is 1. The number of aryl methyl sites for hydroxylation is 2. The van der Waals surface area contributed by atoms with Gasteiger partial charge in [0, 0.05) is 10.9 Å². The van der Waals surface area contributed by atoms with E-state index in [2.05, 4.69) is 33.8 Å². The van der Waals surface area contributed by atoms with Crippen LogP contribution in [0.2, 0.25) is 0 Å². The first-order valence-electron chi connectivity index (χ1n) is 10.5.